The van der Waals surface area contributed by atoms with Crippen LogP contribution in [0.5, 0.6) is 0 Å². The predicted octanol–water partition coefficient (Wildman–Crippen LogP) is 2.12. The van der Waals surface area contributed by atoms with Crippen LogP contribution in [0.1, 0.15) is 42.5 Å². The molecule has 0 saturated heterocycles. The molecule has 8 heteroatoms. The molecule has 0 aromatic heterocycles. The van der Waals surface area contributed by atoms with Gasteiger partial charge in [-0.05, 0) is 31.0 Å². The zero-order chi connectivity index (χ0) is 17.0. The Bertz CT molecular complexity index is 712. The predicted molar refractivity (Wildman–Crippen MR) is 89.3 cm³/mol. The normalized spacial score (nSPS) is 15.5. The highest BCUT2D eigenvalue weighted by molar-refractivity contribution is 7.92. The number of carbonyl (C=O) groups excluding carboxylic acids is 2. The molecule has 23 heavy (non-hydrogen) atoms. The van der Waals surface area contributed by atoms with E-state index >= 15 is 0 Å². The fourth-order valence-corrected chi connectivity index (χ4v) is 4.73. The van der Waals surface area contributed by atoms with Gasteiger partial charge in [0.1, 0.15) is 0 Å². The lowest BCUT2D eigenvalue weighted by Crippen LogP contribution is -2.24. The van der Waals surface area contributed by atoms with Crippen LogP contribution >= 0.6 is 11.6 Å². The van der Waals surface area contributed by atoms with Crippen LogP contribution in [0, 0.1) is 0 Å². The van der Waals surface area contributed by atoms with E-state index < -0.39 is 21.7 Å². The van der Waals surface area contributed by atoms with Crippen molar-refractivity contribution in [1.29, 1.82) is 0 Å². The fraction of sp³-hybridized carbons (Fsp3) is 0.467. The molecule has 0 unspecified atom stereocenters. The zero-order valence-corrected chi connectivity index (χ0v) is 14.1. The quantitative estimate of drug-likeness (QED) is 0.812. The summed E-state index contributed by atoms with van der Waals surface area (Å²) in [6.45, 7) is 0. The highest BCUT2D eigenvalue weighted by atomic mass is 35.5. The Hall–Kier alpha value is -1.60. The van der Waals surface area contributed by atoms with Crippen LogP contribution in [0.3, 0.4) is 0 Å². The lowest BCUT2D eigenvalue weighted by Gasteiger charge is -2.11. The molecular formula is C15H19ClN2O4S. The summed E-state index contributed by atoms with van der Waals surface area (Å²) in [4.78, 5) is 23.1. The molecule has 1 aliphatic carbocycles. The molecule has 2 rings (SSSR count). The maximum atomic E-state index is 12.1. The van der Waals surface area contributed by atoms with Gasteiger partial charge in [0.05, 0.1) is 21.6 Å². The second kappa shape index (κ2) is 7.31. The smallest absolute Gasteiger partial charge is 0.250 e. The number of rotatable bonds is 6. The highest BCUT2D eigenvalue weighted by Gasteiger charge is 2.28. The van der Waals surface area contributed by atoms with E-state index in [0.29, 0.717) is 18.5 Å². The van der Waals surface area contributed by atoms with Crippen molar-refractivity contribution in [2.24, 2.45) is 5.73 Å². The van der Waals surface area contributed by atoms with E-state index in [2.05, 4.69) is 5.32 Å². The number of nitrogens with one attached hydrogen (secondary N) is 1. The summed E-state index contributed by atoms with van der Waals surface area (Å²) in [7, 11) is -3.23. The summed E-state index contributed by atoms with van der Waals surface area (Å²) in [6, 6.07) is 4.35. The number of nitrogens with two attached hydrogens (primary N) is 1. The van der Waals surface area contributed by atoms with Crippen LogP contribution in [0.25, 0.3) is 0 Å². The van der Waals surface area contributed by atoms with Crippen LogP contribution in [-0.4, -0.2) is 31.2 Å². The molecular weight excluding hydrogens is 340 g/mol. The first kappa shape index (κ1) is 17.7. The van der Waals surface area contributed by atoms with Gasteiger partial charge in [-0.3, -0.25) is 9.59 Å². The lowest BCUT2D eigenvalue weighted by molar-refractivity contribution is -0.115. The van der Waals surface area contributed by atoms with Gasteiger partial charge < -0.3 is 11.1 Å². The van der Waals surface area contributed by atoms with Crippen molar-refractivity contribution < 1.29 is 18.0 Å². The number of amides is 2. The summed E-state index contributed by atoms with van der Waals surface area (Å²) >= 11 is 5.83. The van der Waals surface area contributed by atoms with Crippen molar-refractivity contribution >= 4 is 38.9 Å². The van der Waals surface area contributed by atoms with Gasteiger partial charge in [0.25, 0.3) is 0 Å². The maximum absolute atomic E-state index is 12.1. The molecule has 3 N–H and O–H groups in total. The Kier molecular flexibility index (Phi) is 5.64. The van der Waals surface area contributed by atoms with Gasteiger partial charge >= 0.3 is 0 Å². The van der Waals surface area contributed by atoms with Crippen molar-refractivity contribution in [2.75, 3.05) is 11.1 Å². The average molecular weight is 359 g/mol. The maximum Gasteiger partial charge on any atom is 0.250 e. The molecule has 0 atom stereocenters. The van der Waals surface area contributed by atoms with E-state index in [4.69, 9.17) is 17.3 Å². The minimum atomic E-state index is -3.23. The van der Waals surface area contributed by atoms with E-state index in [-0.39, 0.29) is 28.0 Å². The summed E-state index contributed by atoms with van der Waals surface area (Å²) < 4.78 is 24.2. The van der Waals surface area contributed by atoms with Gasteiger partial charge in [-0.2, -0.15) is 0 Å². The summed E-state index contributed by atoms with van der Waals surface area (Å²) in [5.41, 5.74) is 5.64. The average Bonchev–Trinajstić information content (AvgIpc) is 3.02. The van der Waals surface area contributed by atoms with Crippen LogP contribution in [-0.2, 0) is 14.6 Å². The lowest BCUT2D eigenvalue weighted by atomic mass is 10.2. The van der Waals surface area contributed by atoms with Crippen molar-refractivity contribution in [2.45, 2.75) is 37.4 Å². The van der Waals surface area contributed by atoms with Crippen LogP contribution in [0.15, 0.2) is 18.2 Å². The minimum Gasteiger partial charge on any atom is -0.366 e. The van der Waals surface area contributed by atoms with Crippen molar-refractivity contribution in [3.05, 3.63) is 28.8 Å². The molecule has 0 radical (unpaired) electrons. The Morgan fingerprint density at radius 3 is 2.52 bits per heavy atom. The second-order valence-corrected chi connectivity index (χ2v) is 8.44. The summed E-state index contributed by atoms with van der Waals surface area (Å²) in [5, 5.41) is 2.44. The third-order valence-corrected chi connectivity index (χ3v) is 6.53. The first-order chi connectivity index (χ1) is 10.8. The largest absolute Gasteiger partial charge is 0.366 e. The number of primary amides is 1. The number of hydrogen-bond acceptors (Lipinski definition) is 4. The number of halogens is 1. The van der Waals surface area contributed by atoms with E-state index in [1.807, 2.05) is 0 Å². The van der Waals surface area contributed by atoms with E-state index in [0.717, 1.165) is 12.8 Å². The minimum absolute atomic E-state index is 0.100. The third kappa shape index (κ3) is 4.68. The topological polar surface area (TPSA) is 106 Å². The first-order valence-electron chi connectivity index (χ1n) is 7.40. The molecule has 126 valence electrons. The Balaban J connectivity index is 1.95. The molecule has 0 spiro atoms. The number of anilines is 1. The Labute approximate surface area is 140 Å². The molecule has 6 nitrogen and oxygen atoms in total. The van der Waals surface area contributed by atoms with E-state index in [9.17, 15) is 18.0 Å². The first-order valence-corrected chi connectivity index (χ1v) is 9.50. The molecule has 0 aliphatic heterocycles. The van der Waals surface area contributed by atoms with Gasteiger partial charge in [-0.1, -0.05) is 24.4 Å². The Morgan fingerprint density at radius 2 is 1.91 bits per heavy atom. The molecule has 0 bridgehead atoms. The van der Waals surface area contributed by atoms with Gasteiger partial charge in [-0.15, -0.1) is 0 Å². The van der Waals surface area contributed by atoms with Gasteiger partial charge in [0.15, 0.2) is 9.84 Å². The number of hydrogen-bond donors (Lipinski definition) is 2. The molecule has 1 aliphatic rings. The van der Waals surface area contributed by atoms with Crippen molar-refractivity contribution in [3.8, 4) is 0 Å². The van der Waals surface area contributed by atoms with Gasteiger partial charge in [-0.25, -0.2) is 8.42 Å². The SMILES string of the molecule is NC(=O)c1cc(NC(=O)CCS(=O)(=O)C2CCCC2)ccc1Cl. The fourth-order valence-electron chi connectivity index (χ4n) is 2.66. The number of sulfone groups is 1. The van der Waals surface area contributed by atoms with Gasteiger partial charge in [0, 0.05) is 12.1 Å². The van der Waals surface area contributed by atoms with Gasteiger partial charge in [0.2, 0.25) is 11.8 Å². The Morgan fingerprint density at radius 1 is 1.26 bits per heavy atom. The highest BCUT2D eigenvalue weighted by Crippen LogP contribution is 2.25. The van der Waals surface area contributed by atoms with Crippen molar-refractivity contribution in [3.63, 3.8) is 0 Å². The second-order valence-electron chi connectivity index (χ2n) is 5.63. The van der Waals surface area contributed by atoms with Crippen molar-refractivity contribution in [1.82, 2.24) is 0 Å². The standard InChI is InChI=1S/C15H19ClN2O4S/c16-13-6-5-10(9-12(13)15(17)20)18-14(19)7-8-23(21,22)11-3-1-2-4-11/h5-6,9,11H,1-4,7-8H2,(H2,17,20)(H,18,19). The monoisotopic (exact) mass is 358 g/mol. The molecule has 1 aromatic carbocycles. The summed E-state index contributed by atoms with van der Waals surface area (Å²) in [5.74, 6) is -1.29. The molecule has 1 saturated carbocycles. The number of benzene rings is 1. The van der Waals surface area contributed by atoms with E-state index in [1.54, 1.807) is 0 Å². The third-order valence-electron chi connectivity index (χ3n) is 3.94. The zero-order valence-electron chi connectivity index (χ0n) is 12.5. The summed E-state index contributed by atoms with van der Waals surface area (Å²) in [6.07, 6.45) is 3.10. The number of carbonyl (C=O) groups is 2. The van der Waals surface area contributed by atoms with Crippen LogP contribution < -0.4 is 11.1 Å². The van der Waals surface area contributed by atoms with E-state index in [1.165, 1.54) is 18.2 Å². The molecule has 1 aromatic rings. The molecule has 0 heterocycles. The van der Waals surface area contributed by atoms with Crippen LogP contribution in [0.4, 0.5) is 5.69 Å². The van der Waals surface area contributed by atoms with Crippen LogP contribution in [0.2, 0.25) is 5.02 Å². The molecule has 2 amide bonds. The molecule has 1 fully saturated rings.